The van der Waals surface area contributed by atoms with Gasteiger partial charge in [0.25, 0.3) is 0 Å². The highest BCUT2D eigenvalue weighted by Gasteiger charge is 2.32. The molecule has 0 atom stereocenters. The van der Waals surface area contributed by atoms with Crippen LogP contribution in [0.15, 0.2) is 23.0 Å². The van der Waals surface area contributed by atoms with Gasteiger partial charge in [0.05, 0.1) is 16.6 Å². The van der Waals surface area contributed by atoms with Crippen molar-refractivity contribution >= 4 is 11.0 Å². The molecule has 0 bridgehead atoms. The molecule has 0 unspecified atom stereocenters. The predicted octanol–water partition coefficient (Wildman–Crippen LogP) is 2.69. The van der Waals surface area contributed by atoms with Gasteiger partial charge in [0.1, 0.15) is 6.73 Å². The van der Waals surface area contributed by atoms with Gasteiger partial charge in [-0.05, 0) is 51.2 Å². The Kier molecular flexibility index (Phi) is 4.44. The maximum absolute atomic E-state index is 13.0. The normalized spacial score (nSPS) is 17.7. The number of halogens is 3. The van der Waals surface area contributed by atoms with Gasteiger partial charge in [-0.15, -0.1) is 0 Å². The fourth-order valence-electron chi connectivity index (χ4n) is 3.32. The highest BCUT2D eigenvalue weighted by Crippen LogP contribution is 2.32. The highest BCUT2D eigenvalue weighted by molar-refractivity contribution is 5.77. The van der Waals surface area contributed by atoms with Crippen LogP contribution in [-0.4, -0.2) is 41.3 Å². The average molecular weight is 343 g/mol. The van der Waals surface area contributed by atoms with Crippen molar-refractivity contribution in [1.29, 1.82) is 0 Å². The summed E-state index contributed by atoms with van der Waals surface area (Å²) in [7, 11) is 3.43. The summed E-state index contributed by atoms with van der Waals surface area (Å²) < 4.78 is 46.9. The minimum Gasteiger partial charge on any atom is -0.364 e. The zero-order valence-electron chi connectivity index (χ0n) is 13.6. The monoisotopic (exact) mass is 343 g/mol. The van der Waals surface area contributed by atoms with Crippen LogP contribution in [0.4, 0.5) is 13.2 Å². The van der Waals surface area contributed by atoms with Gasteiger partial charge in [0.15, 0.2) is 0 Å². The van der Waals surface area contributed by atoms with E-state index < -0.39 is 11.7 Å². The SMILES string of the molecule is COCn1c(=O)n(C2CCN(C)CC2)c2ccc(C(F)(F)F)cc21. The molecular weight excluding hydrogens is 323 g/mol. The third-order valence-electron chi connectivity index (χ3n) is 4.60. The van der Waals surface area contributed by atoms with E-state index >= 15 is 0 Å². The van der Waals surface area contributed by atoms with Gasteiger partial charge in [-0.25, -0.2) is 4.79 Å². The number of alkyl halides is 3. The van der Waals surface area contributed by atoms with Crippen LogP contribution < -0.4 is 5.69 Å². The quantitative estimate of drug-likeness (QED) is 0.860. The number of hydrogen-bond acceptors (Lipinski definition) is 3. The molecule has 2 aromatic rings. The van der Waals surface area contributed by atoms with Crippen molar-refractivity contribution < 1.29 is 17.9 Å². The van der Waals surface area contributed by atoms with Crippen LogP contribution >= 0.6 is 0 Å². The standard InChI is InChI=1S/C16H20F3N3O2/c1-20-7-5-12(6-8-20)22-13-4-3-11(16(17,18)19)9-14(13)21(10-24-2)15(22)23/h3-4,9,12H,5-8,10H2,1-2H3. The van der Waals surface area contributed by atoms with Crippen LogP contribution in [0.3, 0.4) is 0 Å². The number of rotatable bonds is 3. The van der Waals surface area contributed by atoms with Crippen LogP contribution in [0.25, 0.3) is 11.0 Å². The number of piperidine rings is 1. The van der Waals surface area contributed by atoms with E-state index in [2.05, 4.69) is 4.90 Å². The minimum atomic E-state index is -4.45. The molecule has 0 radical (unpaired) electrons. The molecule has 0 N–H and O–H groups in total. The van der Waals surface area contributed by atoms with Crippen LogP contribution in [0.5, 0.6) is 0 Å². The number of aromatic nitrogens is 2. The molecule has 1 aromatic heterocycles. The second-order valence-corrected chi connectivity index (χ2v) is 6.23. The Morgan fingerprint density at radius 1 is 1.21 bits per heavy atom. The summed E-state index contributed by atoms with van der Waals surface area (Å²) in [6, 6.07) is 3.45. The molecule has 0 amide bonds. The summed E-state index contributed by atoms with van der Waals surface area (Å²) in [6.07, 6.45) is -2.86. The van der Waals surface area contributed by atoms with Gasteiger partial charge in [-0.1, -0.05) is 0 Å². The number of benzene rings is 1. The number of hydrogen-bond donors (Lipinski definition) is 0. The maximum Gasteiger partial charge on any atom is 0.416 e. The molecule has 132 valence electrons. The van der Waals surface area contributed by atoms with Crippen LogP contribution in [-0.2, 0) is 17.6 Å². The number of likely N-dealkylation sites (tertiary alicyclic amines) is 1. The van der Waals surface area contributed by atoms with Crippen molar-refractivity contribution in [1.82, 2.24) is 14.0 Å². The Morgan fingerprint density at radius 2 is 1.88 bits per heavy atom. The number of methoxy groups -OCH3 is 1. The van der Waals surface area contributed by atoms with Gasteiger partial charge in [0.2, 0.25) is 0 Å². The lowest BCUT2D eigenvalue weighted by atomic mass is 10.0. The lowest BCUT2D eigenvalue weighted by molar-refractivity contribution is -0.137. The number of fused-ring (bicyclic) bond motifs is 1. The summed E-state index contributed by atoms with van der Waals surface area (Å²) in [5.74, 6) is 0. The summed E-state index contributed by atoms with van der Waals surface area (Å²) in [5, 5.41) is 0. The lowest BCUT2D eigenvalue weighted by Crippen LogP contribution is -2.36. The third-order valence-corrected chi connectivity index (χ3v) is 4.60. The number of ether oxygens (including phenoxy) is 1. The smallest absolute Gasteiger partial charge is 0.364 e. The van der Waals surface area contributed by atoms with E-state index in [0.717, 1.165) is 38.1 Å². The first-order valence-corrected chi connectivity index (χ1v) is 7.82. The topological polar surface area (TPSA) is 39.4 Å². The van der Waals surface area contributed by atoms with Crippen molar-refractivity contribution in [3.05, 3.63) is 34.2 Å². The zero-order chi connectivity index (χ0) is 17.5. The first-order chi connectivity index (χ1) is 11.3. The molecular formula is C16H20F3N3O2. The molecule has 2 heterocycles. The molecule has 1 aliphatic rings. The van der Waals surface area contributed by atoms with E-state index in [4.69, 9.17) is 4.74 Å². The molecule has 5 nitrogen and oxygen atoms in total. The van der Waals surface area contributed by atoms with Crippen LogP contribution in [0.2, 0.25) is 0 Å². The number of imidazole rings is 1. The summed E-state index contributed by atoms with van der Waals surface area (Å²) >= 11 is 0. The maximum atomic E-state index is 13.0. The fraction of sp³-hybridized carbons (Fsp3) is 0.562. The summed E-state index contributed by atoms with van der Waals surface area (Å²) in [4.78, 5) is 14.9. The molecule has 1 saturated heterocycles. The minimum absolute atomic E-state index is 0.00829. The number of nitrogens with zero attached hydrogens (tertiary/aromatic N) is 3. The van der Waals surface area contributed by atoms with Crippen LogP contribution in [0.1, 0.15) is 24.4 Å². The molecule has 8 heteroatoms. The molecule has 1 aromatic carbocycles. The Balaban J connectivity index is 2.16. The van der Waals surface area contributed by atoms with Gasteiger partial charge in [0, 0.05) is 13.2 Å². The zero-order valence-corrected chi connectivity index (χ0v) is 13.6. The Hall–Kier alpha value is -1.80. The molecule has 1 fully saturated rings. The van der Waals surface area contributed by atoms with Gasteiger partial charge >= 0.3 is 11.9 Å². The first-order valence-electron chi connectivity index (χ1n) is 7.82. The van der Waals surface area contributed by atoms with Crippen molar-refractivity contribution in [3.8, 4) is 0 Å². The van der Waals surface area contributed by atoms with Crippen molar-refractivity contribution in [2.24, 2.45) is 0 Å². The molecule has 1 aliphatic heterocycles. The highest BCUT2D eigenvalue weighted by atomic mass is 19.4. The molecule has 0 saturated carbocycles. The second kappa shape index (κ2) is 6.25. The Labute approximate surface area is 137 Å². The van der Waals surface area contributed by atoms with E-state index in [0.29, 0.717) is 5.52 Å². The summed E-state index contributed by atoms with van der Waals surface area (Å²) in [6.45, 7) is 1.64. The van der Waals surface area contributed by atoms with E-state index in [9.17, 15) is 18.0 Å². The van der Waals surface area contributed by atoms with Gasteiger partial charge in [-0.2, -0.15) is 13.2 Å². The van der Waals surface area contributed by atoms with Crippen molar-refractivity contribution in [2.45, 2.75) is 31.8 Å². The van der Waals surface area contributed by atoms with E-state index in [-0.39, 0.29) is 24.0 Å². The summed E-state index contributed by atoms with van der Waals surface area (Å²) in [5.41, 5.74) is -0.295. The second-order valence-electron chi connectivity index (χ2n) is 6.23. The van der Waals surface area contributed by atoms with Gasteiger partial charge < -0.3 is 9.64 Å². The van der Waals surface area contributed by atoms with Crippen LogP contribution in [0, 0.1) is 0 Å². The van der Waals surface area contributed by atoms with E-state index in [1.165, 1.54) is 17.7 Å². The third kappa shape index (κ3) is 2.95. The largest absolute Gasteiger partial charge is 0.416 e. The predicted molar refractivity (Wildman–Crippen MR) is 84.0 cm³/mol. The van der Waals surface area contributed by atoms with E-state index in [1.807, 2.05) is 7.05 Å². The fourth-order valence-corrected chi connectivity index (χ4v) is 3.32. The molecule has 3 rings (SSSR count). The molecule has 0 spiro atoms. The molecule has 24 heavy (non-hydrogen) atoms. The van der Waals surface area contributed by atoms with Gasteiger partial charge in [-0.3, -0.25) is 9.13 Å². The Morgan fingerprint density at radius 3 is 2.46 bits per heavy atom. The Bertz CT molecular complexity index is 786. The van der Waals surface area contributed by atoms with Crippen molar-refractivity contribution in [3.63, 3.8) is 0 Å². The van der Waals surface area contributed by atoms with Crippen molar-refractivity contribution in [2.75, 3.05) is 27.2 Å². The molecule has 0 aliphatic carbocycles. The first kappa shape index (κ1) is 17.0. The average Bonchev–Trinajstić information content (AvgIpc) is 2.80. The lowest BCUT2D eigenvalue weighted by Gasteiger charge is -2.29. The van der Waals surface area contributed by atoms with E-state index in [1.54, 1.807) is 4.57 Å².